The van der Waals surface area contributed by atoms with Gasteiger partial charge in [0.25, 0.3) is 0 Å². The van der Waals surface area contributed by atoms with Crippen LogP contribution in [0.3, 0.4) is 0 Å². The lowest BCUT2D eigenvalue weighted by Crippen LogP contribution is -2.83. The van der Waals surface area contributed by atoms with E-state index in [0.717, 1.165) is 0 Å². The highest BCUT2D eigenvalue weighted by Crippen LogP contribution is 2.44. The Morgan fingerprint density at radius 3 is 1.83 bits per heavy atom. The lowest BCUT2D eigenvalue weighted by Gasteiger charge is -2.57. The van der Waals surface area contributed by atoms with Crippen molar-refractivity contribution in [2.45, 2.75) is 60.4 Å². The zero-order valence-electron chi connectivity index (χ0n) is 12.3. The van der Waals surface area contributed by atoms with Gasteiger partial charge in [0.1, 0.15) is 42.7 Å². The quantitative estimate of drug-likeness (QED) is 0.227. The van der Waals surface area contributed by atoms with Crippen molar-refractivity contribution in [3.8, 4) is 0 Å². The van der Waals surface area contributed by atoms with E-state index in [-0.39, 0.29) is 0 Å². The highest BCUT2D eigenvalue weighted by molar-refractivity contribution is 5.15. The summed E-state index contributed by atoms with van der Waals surface area (Å²) in [6.07, 6.45) is -16.7. The molecule has 2 fully saturated rings. The van der Waals surface area contributed by atoms with Crippen LogP contribution in [0, 0.1) is 0 Å². The summed E-state index contributed by atoms with van der Waals surface area (Å²) in [4.78, 5) is 0. The highest BCUT2D eigenvalue weighted by atomic mass is 16.7. The van der Waals surface area contributed by atoms with Crippen LogP contribution in [0.4, 0.5) is 0 Å². The summed E-state index contributed by atoms with van der Waals surface area (Å²) in [5.41, 5.74) is -3.14. The zero-order valence-corrected chi connectivity index (χ0v) is 12.3. The average Bonchev–Trinajstić information content (AvgIpc) is 2.57. The number of hydrogen-bond acceptors (Lipinski definition) is 12. The Bertz CT molecular complexity index is 444. The standard InChI is InChI=1S/C12H22O12/c13-1-3-5(15)6(16)9(19)12(22,24-3)11(21)4(2-14)23-10(20)7(17)8(11)18/h3-10,13-22H,1-2H2/t3-,4-,5-,6+,7-,8-,9-,10+,11-,12+/m1/s1. The van der Waals surface area contributed by atoms with Gasteiger partial charge in [0.15, 0.2) is 11.9 Å². The van der Waals surface area contributed by atoms with Gasteiger partial charge in [0, 0.05) is 0 Å². The summed E-state index contributed by atoms with van der Waals surface area (Å²) in [5, 5.41) is 98.7. The van der Waals surface area contributed by atoms with Gasteiger partial charge in [-0.25, -0.2) is 0 Å². The largest absolute Gasteiger partial charge is 0.394 e. The van der Waals surface area contributed by atoms with E-state index in [1.807, 2.05) is 0 Å². The predicted molar refractivity (Wildman–Crippen MR) is 69.9 cm³/mol. The second kappa shape index (κ2) is 6.68. The fraction of sp³-hybridized carbons (Fsp3) is 1.00. The Morgan fingerprint density at radius 2 is 1.33 bits per heavy atom. The molecule has 10 atom stereocenters. The average molecular weight is 358 g/mol. The van der Waals surface area contributed by atoms with Gasteiger partial charge in [-0.2, -0.15) is 0 Å². The van der Waals surface area contributed by atoms with Gasteiger partial charge in [-0.1, -0.05) is 0 Å². The molecule has 0 unspecified atom stereocenters. The van der Waals surface area contributed by atoms with Crippen LogP contribution in [0.2, 0.25) is 0 Å². The molecule has 12 heteroatoms. The molecule has 0 aromatic rings. The molecule has 0 bridgehead atoms. The van der Waals surface area contributed by atoms with Crippen molar-refractivity contribution in [2.24, 2.45) is 0 Å². The van der Waals surface area contributed by atoms with Crippen molar-refractivity contribution in [3.05, 3.63) is 0 Å². The van der Waals surface area contributed by atoms with Gasteiger partial charge in [-0.3, -0.25) is 0 Å². The van der Waals surface area contributed by atoms with Gasteiger partial charge in [-0.05, 0) is 0 Å². The Labute approximate surface area is 135 Å². The summed E-state index contributed by atoms with van der Waals surface area (Å²) < 4.78 is 9.62. The first kappa shape index (κ1) is 19.8. The van der Waals surface area contributed by atoms with Crippen molar-refractivity contribution in [2.75, 3.05) is 13.2 Å². The normalized spacial score (nSPS) is 56.2. The van der Waals surface area contributed by atoms with Crippen molar-refractivity contribution in [3.63, 3.8) is 0 Å². The molecule has 2 heterocycles. The van der Waals surface area contributed by atoms with Gasteiger partial charge in [-0.15, -0.1) is 0 Å². The number of hydrogen-bond donors (Lipinski definition) is 10. The summed E-state index contributed by atoms with van der Waals surface area (Å²) in [7, 11) is 0. The summed E-state index contributed by atoms with van der Waals surface area (Å²) >= 11 is 0. The maximum atomic E-state index is 10.7. The number of aliphatic hydroxyl groups excluding tert-OH is 8. The molecule has 0 spiro atoms. The zero-order chi connectivity index (χ0) is 18.4. The summed E-state index contributed by atoms with van der Waals surface area (Å²) in [6, 6.07) is 0. The van der Waals surface area contributed by atoms with E-state index in [1.54, 1.807) is 0 Å². The van der Waals surface area contributed by atoms with Crippen LogP contribution in [0.1, 0.15) is 0 Å². The fourth-order valence-electron chi connectivity index (χ4n) is 3.07. The lowest BCUT2D eigenvalue weighted by molar-refractivity contribution is -0.451. The first-order chi connectivity index (χ1) is 11.1. The first-order valence-corrected chi connectivity index (χ1v) is 7.14. The van der Waals surface area contributed by atoms with Crippen molar-refractivity contribution < 1.29 is 60.5 Å². The van der Waals surface area contributed by atoms with Crippen LogP contribution in [0.25, 0.3) is 0 Å². The van der Waals surface area contributed by atoms with Crippen LogP contribution < -0.4 is 0 Å². The molecule has 24 heavy (non-hydrogen) atoms. The van der Waals surface area contributed by atoms with Crippen molar-refractivity contribution in [1.82, 2.24) is 0 Å². The smallest absolute Gasteiger partial charge is 0.230 e. The van der Waals surface area contributed by atoms with E-state index in [2.05, 4.69) is 0 Å². The van der Waals surface area contributed by atoms with E-state index in [4.69, 9.17) is 14.6 Å². The maximum Gasteiger partial charge on any atom is 0.230 e. The second-order valence-corrected chi connectivity index (χ2v) is 5.92. The Balaban J connectivity index is 2.50. The van der Waals surface area contributed by atoms with E-state index < -0.39 is 73.6 Å². The molecule has 12 nitrogen and oxygen atoms in total. The number of rotatable bonds is 3. The molecule has 0 aromatic heterocycles. The Kier molecular flexibility index (Phi) is 5.52. The minimum atomic E-state index is -3.28. The fourth-order valence-corrected chi connectivity index (χ4v) is 3.07. The molecule has 0 aromatic carbocycles. The molecule has 10 N–H and O–H groups in total. The first-order valence-electron chi connectivity index (χ1n) is 7.14. The molecule has 0 radical (unpaired) electrons. The minimum absolute atomic E-state index is 0.949. The summed E-state index contributed by atoms with van der Waals surface area (Å²) in [6.45, 7) is -2.05. The van der Waals surface area contributed by atoms with Crippen molar-refractivity contribution in [1.29, 1.82) is 0 Å². The van der Waals surface area contributed by atoms with E-state index in [1.165, 1.54) is 0 Å². The van der Waals surface area contributed by atoms with Crippen LogP contribution in [-0.2, 0) is 9.47 Å². The monoisotopic (exact) mass is 358 g/mol. The van der Waals surface area contributed by atoms with Crippen LogP contribution >= 0.6 is 0 Å². The van der Waals surface area contributed by atoms with E-state index >= 15 is 0 Å². The van der Waals surface area contributed by atoms with Gasteiger partial charge in [0.2, 0.25) is 5.79 Å². The third kappa shape index (κ3) is 2.56. The molecule has 2 aliphatic heterocycles. The lowest BCUT2D eigenvalue weighted by atomic mass is 9.72. The molecule has 0 saturated carbocycles. The molecular formula is C12H22O12. The number of ether oxygens (including phenoxy) is 2. The molecular weight excluding hydrogens is 336 g/mol. The third-order valence-corrected chi connectivity index (χ3v) is 4.57. The Morgan fingerprint density at radius 1 is 0.750 bits per heavy atom. The Hall–Kier alpha value is -0.480. The molecule has 142 valence electrons. The molecule has 2 aliphatic rings. The number of aliphatic hydroxyl groups is 10. The SMILES string of the molecule is OC[C@H]1O[C@](O)([C@]2(O)[C@H](O)[C@@H](O)[C@@H](O)O[C@@H]2CO)[C@H](O)[C@@H](O)[C@@H]1O. The van der Waals surface area contributed by atoms with Gasteiger partial charge in [0.05, 0.1) is 13.2 Å². The highest BCUT2D eigenvalue weighted by Gasteiger charge is 2.72. The maximum absolute atomic E-state index is 10.7. The van der Waals surface area contributed by atoms with Crippen molar-refractivity contribution >= 4 is 0 Å². The van der Waals surface area contributed by atoms with Crippen LogP contribution in [-0.4, -0.2) is 125 Å². The molecule has 0 amide bonds. The second-order valence-electron chi connectivity index (χ2n) is 5.92. The summed E-state index contributed by atoms with van der Waals surface area (Å²) in [5.74, 6) is -3.28. The van der Waals surface area contributed by atoms with Gasteiger partial charge < -0.3 is 60.5 Å². The van der Waals surface area contributed by atoms with E-state index in [0.29, 0.717) is 0 Å². The van der Waals surface area contributed by atoms with Crippen LogP contribution in [0.15, 0.2) is 0 Å². The topological polar surface area (TPSA) is 221 Å². The third-order valence-electron chi connectivity index (χ3n) is 4.57. The molecule has 2 rings (SSSR count). The van der Waals surface area contributed by atoms with Gasteiger partial charge >= 0.3 is 0 Å². The molecule has 2 saturated heterocycles. The minimum Gasteiger partial charge on any atom is -0.394 e. The van der Waals surface area contributed by atoms with E-state index in [9.17, 15) is 46.0 Å². The predicted octanol–water partition coefficient (Wildman–Crippen LogP) is -6.69. The molecule has 0 aliphatic carbocycles. The van der Waals surface area contributed by atoms with Crippen LogP contribution in [0.5, 0.6) is 0 Å².